The zero-order chi connectivity index (χ0) is 17.9. The van der Waals surface area contributed by atoms with Crippen LogP contribution in [-0.2, 0) is 0 Å². The number of nitrogens with zero attached hydrogens (tertiary/aromatic N) is 3. The van der Waals surface area contributed by atoms with Gasteiger partial charge in [-0.1, -0.05) is 24.3 Å². The molecule has 0 bridgehead atoms. The Hall–Kier alpha value is -3.03. The number of hydrogen-bond donors (Lipinski definition) is 1. The topological polar surface area (TPSA) is 46.1 Å². The summed E-state index contributed by atoms with van der Waals surface area (Å²) in [6.07, 6.45) is 4.07. The van der Waals surface area contributed by atoms with E-state index >= 15 is 0 Å². The fourth-order valence-electron chi connectivity index (χ4n) is 3.83. The Morgan fingerprint density at radius 2 is 1.85 bits per heavy atom. The van der Waals surface area contributed by atoms with Gasteiger partial charge in [-0.05, 0) is 35.9 Å². The molecule has 0 saturated carbocycles. The molecule has 1 aliphatic rings. The molecule has 1 N–H and O–H groups in total. The van der Waals surface area contributed by atoms with Crippen molar-refractivity contribution in [1.82, 2.24) is 9.88 Å². The first kappa shape index (κ1) is 16.4. The molecule has 1 saturated heterocycles. The Morgan fingerprint density at radius 1 is 1.08 bits per heavy atom. The van der Waals surface area contributed by atoms with Crippen molar-refractivity contribution in [1.29, 1.82) is 5.26 Å². The summed E-state index contributed by atoms with van der Waals surface area (Å²) in [7, 11) is 0. The number of nitrogens with one attached hydrogen (secondary N) is 1. The van der Waals surface area contributed by atoms with Crippen molar-refractivity contribution in [2.24, 2.45) is 0 Å². The molecule has 26 heavy (non-hydrogen) atoms. The van der Waals surface area contributed by atoms with Gasteiger partial charge in [0.1, 0.15) is 0 Å². The molecule has 1 unspecified atom stereocenters. The van der Waals surface area contributed by atoms with E-state index in [4.69, 9.17) is 0 Å². The molecule has 1 fully saturated rings. The molecule has 1 atom stereocenters. The molecule has 4 nitrogen and oxygen atoms in total. The zero-order valence-corrected chi connectivity index (χ0v) is 14.7. The Labute approximate surface area is 154 Å². The molecular weight excluding hydrogens is 320 g/mol. The number of rotatable bonds is 4. The van der Waals surface area contributed by atoms with E-state index in [2.05, 4.69) is 64.0 Å². The summed E-state index contributed by atoms with van der Waals surface area (Å²) in [6, 6.07) is 18.8. The van der Waals surface area contributed by atoms with E-state index in [0.717, 1.165) is 37.1 Å². The SMILES string of the molecule is C=CC(c1c[nH]c2ccc(C#N)cc12)N1CCN(c2ccccc2)CC1. The van der Waals surface area contributed by atoms with Gasteiger partial charge in [0.15, 0.2) is 0 Å². The number of anilines is 1. The standard InChI is InChI=1S/C22H22N4/c1-2-22(20-16-24-21-9-8-17(15-23)14-19(20)21)26-12-10-25(11-13-26)18-6-4-3-5-7-18/h2-9,14,16,22,24H,1,10-13H2. The number of aromatic amines is 1. The first-order chi connectivity index (χ1) is 12.8. The largest absolute Gasteiger partial charge is 0.369 e. The van der Waals surface area contributed by atoms with Crippen LogP contribution in [0.3, 0.4) is 0 Å². The van der Waals surface area contributed by atoms with E-state index in [1.165, 1.54) is 11.3 Å². The molecule has 4 rings (SSSR count). The molecule has 2 aromatic carbocycles. The van der Waals surface area contributed by atoms with Crippen LogP contribution in [0.1, 0.15) is 17.2 Å². The van der Waals surface area contributed by atoms with E-state index in [1.807, 2.05) is 24.3 Å². The molecule has 1 aliphatic heterocycles. The minimum atomic E-state index is 0.149. The van der Waals surface area contributed by atoms with Gasteiger partial charge in [0.05, 0.1) is 17.7 Å². The van der Waals surface area contributed by atoms with Gasteiger partial charge >= 0.3 is 0 Å². The van der Waals surface area contributed by atoms with E-state index in [1.54, 1.807) is 0 Å². The van der Waals surface area contributed by atoms with Gasteiger partial charge in [-0.25, -0.2) is 0 Å². The molecule has 130 valence electrons. The van der Waals surface area contributed by atoms with Crippen LogP contribution in [0.5, 0.6) is 0 Å². The number of nitriles is 1. The van der Waals surface area contributed by atoms with E-state index in [0.29, 0.717) is 5.56 Å². The lowest BCUT2D eigenvalue weighted by molar-refractivity contribution is 0.219. The third-order valence-corrected chi connectivity index (χ3v) is 5.21. The lowest BCUT2D eigenvalue weighted by atomic mass is 10.0. The molecule has 0 radical (unpaired) electrons. The summed E-state index contributed by atoms with van der Waals surface area (Å²) in [5.41, 5.74) is 4.23. The first-order valence-corrected chi connectivity index (χ1v) is 8.98. The van der Waals surface area contributed by atoms with E-state index in [-0.39, 0.29) is 6.04 Å². The summed E-state index contributed by atoms with van der Waals surface area (Å²) in [4.78, 5) is 8.23. The van der Waals surface area contributed by atoms with Crippen LogP contribution in [0.25, 0.3) is 10.9 Å². The highest BCUT2D eigenvalue weighted by atomic mass is 15.3. The van der Waals surface area contributed by atoms with Crippen molar-refractivity contribution in [2.75, 3.05) is 31.1 Å². The number of piperazine rings is 1. The van der Waals surface area contributed by atoms with Gasteiger partial charge in [0, 0.05) is 49.0 Å². The van der Waals surface area contributed by atoms with Crippen molar-refractivity contribution in [3.05, 3.63) is 78.5 Å². The average molecular weight is 342 g/mol. The van der Waals surface area contributed by atoms with Gasteiger partial charge in [0.25, 0.3) is 0 Å². The molecule has 1 aromatic heterocycles. The van der Waals surface area contributed by atoms with Crippen molar-refractivity contribution >= 4 is 16.6 Å². The number of fused-ring (bicyclic) bond motifs is 1. The van der Waals surface area contributed by atoms with Gasteiger partial charge < -0.3 is 9.88 Å². The number of aromatic nitrogens is 1. The quantitative estimate of drug-likeness (QED) is 0.727. The van der Waals surface area contributed by atoms with Gasteiger partial charge in [-0.2, -0.15) is 5.26 Å². The van der Waals surface area contributed by atoms with Crippen molar-refractivity contribution in [2.45, 2.75) is 6.04 Å². The minimum Gasteiger partial charge on any atom is -0.369 e. The average Bonchev–Trinajstić information content (AvgIpc) is 3.13. The molecule has 0 aliphatic carbocycles. The normalized spacial score (nSPS) is 16.3. The Bertz CT molecular complexity index is 943. The predicted molar refractivity (Wildman–Crippen MR) is 106 cm³/mol. The number of H-pyrrole nitrogens is 1. The molecule has 0 amide bonds. The number of hydrogen-bond acceptors (Lipinski definition) is 3. The zero-order valence-electron chi connectivity index (χ0n) is 14.7. The maximum Gasteiger partial charge on any atom is 0.0991 e. The van der Waals surface area contributed by atoms with Crippen LogP contribution in [0.4, 0.5) is 5.69 Å². The third-order valence-electron chi connectivity index (χ3n) is 5.21. The predicted octanol–water partition coefficient (Wildman–Crippen LogP) is 4.09. The summed E-state index contributed by atoms with van der Waals surface area (Å²) in [5, 5.41) is 10.3. The first-order valence-electron chi connectivity index (χ1n) is 8.98. The van der Waals surface area contributed by atoms with Gasteiger partial charge in [0.2, 0.25) is 0 Å². The van der Waals surface area contributed by atoms with Crippen LogP contribution in [0.2, 0.25) is 0 Å². The summed E-state index contributed by atoms with van der Waals surface area (Å²) in [5.74, 6) is 0. The third kappa shape index (κ3) is 2.98. The van der Waals surface area contributed by atoms with E-state index < -0.39 is 0 Å². The monoisotopic (exact) mass is 342 g/mol. The molecule has 0 spiro atoms. The fraction of sp³-hybridized carbons (Fsp3) is 0.227. The second-order valence-corrected chi connectivity index (χ2v) is 6.66. The maximum absolute atomic E-state index is 9.21. The second-order valence-electron chi connectivity index (χ2n) is 6.66. The van der Waals surface area contributed by atoms with Crippen molar-refractivity contribution in [3.8, 4) is 6.07 Å². The maximum atomic E-state index is 9.21. The summed E-state index contributed by atoms with van der Waals surface area (Å²) >= 11 is 0. The lowest BCUT2D eigenvalue weighted by Gasteiger charge is -2.39. The number of benzene rings is 2. The van der Waals surface area contributed by atoms with Gasteiger partial charge in [-0.15, -0.1) is 6.58 Å². The van der Waals surface area contributed by atoms with Crippen LogP contribution in [0, 0.1) is 11.3 Å². The second kappa shape index (κ2) is 7.07. The highest BCUT2D eigenvalue weighted by Crippen LogP contribution is 2.31. The van der Waals surface area contributed by atoms with E-state index in [9.17, 15) is 5.26 Å². The fourth-order valence-corrected chi connectivity index (χ4v) is 3.83. The van der Waals surface area contributed by atoms with Crippen molar-refractivity contribution < 1.29 is 0 Å². The van der Waals surface area contributed by atoms with Crippen LogP contribution in [-0.4, -0.2) is 36.1 Å². The molecule has 2 heterocycles. The number of para-hydroxylation sites is 1. The highest BCUT2D eigenvalue weighted by Gasteiger charge is 2.25. The molecule has 3 aromatic rings. The van der Waals surface area contributed by atoms with Gasteiger partial charge in [-0.3, -0.25) is 4.90 Å². The highest BCUT2D eigenvalue weighted by molar-refractivity contribution is 5.85. The minimum absolute atomic E-state index is 0.149. The Balaban J connectivity index is 1.56. The van der Waals surface area contributed by atoms with Crippen molar-refractivity contribution in [3.63, 3.8) is 0 Å². The van der Waals surface area contributed by atoms with Crippen LogP contribution >= 0.6 is 0 Å². The smallest absolute Gasteiger partial charge is 0.0991 e. The molecule has 4 heteroatoms. The summed E-state index contributed by atoms with van der Waals surface area (Å²) < 4.78 is 0. The molecular formula is C22H22N4. The van der Waals surface area contributed by atoms with Crippen LogP contribution < -0.4 is 4.90 Å². The summed E-state index contributed by atoms with van der Waals surface area (Å²) in [6.45, 7) is 8.05. The lowest BCUT2D eigenvalue weighted by Crippen LogP contribution is -2.47. The Morgan fingerprint density at radius 3 is 2.54 bits per heavy atom. The van der Waals surface area contributed by atoms with Crippen LogP contribution in [0.15, 0.2) is 67.4 Å². The Kier molecular flexibility index (Phi) is 4.47.